The number of furan rings is 1. The first-order chi connectivity index (χ1) is 16.7. The number of rotatable bonds is 4. The summed E-state index contributed by atoms with van der Waals surface area (Å²) in [5, 5.41) is 2.71. The number of amides is 1. The average Bonchev–Trinajstić information content (AvgIpc) is 3.47. The van der Waals surface area contributed by atoms with Crippen LogP contribution in [0.5, 0.6) is 0 Å². The zero-order valence-corrected chi connectivity index (χ0v) is 20.0. The Kier molecular flexibility index (Phi) is 6.57. The van der Waals surface area contributed by atoms with Gasteiger partial charge < -0.3 is 24.3 Å². The molecule has 0 bridgehead atoms. The van der Waals surface area contributed by atoms with E-state index in [0.717, 1.165) is 70.4 Å². The molecule has 3 saturated heterocycles. The Morgan fingerprint density at radius 3 is 2.43 bits per heavy atom. The molecule has 0 aliphatic carbocycles. The highest BCUT2D eigenvalue weighted by molar-refractivity contribution is 6.04. The van der Waals surface area contributed by atoms with E-state index in [2.05, 4.69) is 22.2 Å². The van der Waals surface area contributed by atoms with Crippen LogP contribution in [0.4, 0.5) is 24.5 Å². The number of carbonyl (C=O) groups excluding carboxylic acids is 1. The standard InChI is InChI=1S/C26H32F3N3O3/c1-31-11-8-25(17-31)9-12-32(13-10-25)21-3-2-19(26(27,28)29)16-20(21)30-24(33)23-5-4-22(35-23)18-6-14-34-15-7-18/h2-5,16,18H,6-15,17H2,1H3,(H,30,33). The molecule has 0 radical (unpaired) electrons. The number of nitrogens with one attached hydrogen (secondary N) is 1. The second kappa shape index (κ2) is 9.50. The van der Waals surface area contributed by atoms with Crippen LogP contribution in [-0.2, 0) is 10.9 Å². The van der Waals surface area contributed by atoms with Gasteiger partial charge in [-0.25, -0.2) is 0 Å². The van der Waals surface area contributed by atoms with Gasteiger partial charge in [-0.1, -0.05) is 0 Å². The molecule has 0 unspecified atom stereocenters. The molecule has 2 aromatic rings. The van der Waals surface area contributed by atoms with Gasteiger partial charge in [-0.05, 0) is 81.4 Å². The first-order valence-corrected chi connectivity index (χ1v) is 12.4. The summed E-state index contributed by atoms with van der Waals surface area (Å²) < 4.78 is 51.7. The van der Waals surface area contributed by atoms with E-state index in [1.807, 2.05) is 0 Å². The fraction of sp³-hybridized carbons (Fsp3) is 0.577. The molecule has 1 amide bonds. The lowest BCUT2D eigenvalue weighted by Crippen LogP contribution is -2.41. The van der Waals surface area contributed by atoms with Crippen molar-refractivity contribution in [1.82, 2.24) is 4.90 Å². The summed E-state index contributed by atoms with van der Waals surface area (Å²) in [6.07, 6.45) is 0.259. The van der Waals surface area contributed by atoms with Gasteiger partial charge in [0.2, 0.25) is 0 Å². The third-order valence-electron chi connectivity index (χ3n) is 7.84. The normalized spacial score (nSPS) is 21.5. The van der Waals surface area contributed by atoms with Crippen LogP contribution >= 0.6 is 0 Å². The van der Waals surface area contributed by atoms with Gasteiger partial charge in [0.1, 0.15) is 5.76 Å². The number of likely N-dealkylation sites (tertiary alicyclic amines) is 1. The Morgan fingerprint density at radius 2 is 1.77 bits per heavy atom. The summed E-state index contributed by atoms with van der Waals surface area (Å²) >= 11 is 0. The number of ether oxygens (including phenoxy) is 1. The molecular weight excluding hydrogens is 459 g/mol. The predicted molar refractivity (Wildman–Crippen MR) is 127 cm³/mol. The quantitative estimate of drug-likeness (QED) is 0.624. The Balaban J connectivity index is 1.35. The van der Waals surface area contributed by atoms with E-state index in [4.69, 9.17) is 9.15 Å². The lowest BCUT2D eigenvalue weighted by Gasteiger charge is -2.41. The van der Waals surface area contributed by atoms with Crippen molar-refractivity contribution >= 4 is 17.3 Å². The minimum atomic E-state index is -4.50. The zero-order chi connectivity index (χ0) is 24.6. The van der Waals surface area contributed by atoms with Gasteiger partial charge >= 0.3 is 6.18 Å². The van der Waals surface area contributed by atoms with Crippen molar-refractivity contribution in [3.05, 3.63) is 47.4 Å². The second-order valence-electron chi connectivity index (χ2n) is 10.2. The number of piperidine rings is 1. The van der Waals surface area contributed by atoms with E-state index in [9.17, 15) is 18.0 Å². The highest BCUT2D eigenvalue weighted by Gasteiger charge is 2.40. The highest BCUT2D eigenvalue weighted by atomic mass is 19.4. The van der Waals surface area contributed by atoms with Crippen molar-refractivity contribution in [2.75, 3.05) is 56.7 Å². The molecule has 190 valence electrons. The van der Waals surface area contributed by atoms with Gasteiger partial charge in [-0.2, -0.15) is 13.2 Å². The molecule has 6 nitrogen and oxygen atoms in total. The maximum Gasteiger partial charge on any atom is 0.416 e. The predicted octanol–water partition coefficient (Wildman–Crippen LogP) is 5.37. The topological polar surface area (TPSA) is 58.0 Å². The van der Waals surface area contributed by atoms with Crippen molar-refractivity contribution in [3.63, 3.8) is 0 Å². The first-order valence-electron chi connectivity index (χ1n) is 12.4. The first kappa shape index (κ1) is 24.2. The smallest absolute Gasteiger partial charge is 0.416 e. The molecule has 3 aliphatic rings. The van der Waals surface area contributed by atoms with E-state index >= 15 is 0 Å². The van der Waals surface area contributed by atoms with Crippen LogP contribution in [0, 0.1) is 5.41 Å². The Hall–Kier alpha value is -2.52. The third kappa shape index (κ3) is 5.21. The molecule has 3 aliphatic heterocycles. The monoisotopic (exact) mass is 491 g/mol. The molecule has 1 N–H and O–H groups in total. The second-order valence-corrected chi connectivity index (χ2v) is 10.2. The van der Waals surface area contributed by atoms with Gasteiger partial charge in [0, 0.05) is 38.8 Å². The number of nitrogens with zero attached hydrogens (tertiary/aromatic N) is 2. The van der Waals surface area contributed by atoms with Crippen molar-refractivity contribution in [3.8, 4) is 0 Å². The molecule has 5 rings (SSSR count). The summed E-state index contributed by atoms with van der Waals surface area (Å²) in [5.41, 5.74) is 0.275. The summed E-state index contributed by atoms with van der Waals surface area (Å²) in [4.78, 5) is 17.4. The Bertz CT molecular complexity index is 1050. The average molecular weight is 492 g/mol. The van der Waals surface area contributed by atoms with Crippen LogP contribution in [0.15, 0.2) is 34.7 Å². The number of carbonyl (C=O) groups is 1. The summed E-state index contributed by atoms with van der Waals surface area (Å²) in [6.45, 7) is 4.93. The van der Waals surface area contributed by atoms with E-state index in [0.29, 0.717) is 24.7 Å². The molecule has 4 heterocycles. The maximum atomic E-state index is 13.5. The largest absolute Gasteiger partial charge is 0.456 e. The zero-order valence-electron chi connectivity index (χ0n) is 20.0. The van der Waals surface area contributed by atoms with Crippen molar-refractivity contribution in [2.24, 2.45) is 5.41 Å². The molecule has 9 heteroatoms. The Morgan fingerprint density at radius 1 is 1.06 bits per heavy atom. The molecule has 0 saturated carbocycles. The fourth-order valence-corrected chi connectivity index (χ4v) is 5.74. The SMILES string of the molecule is CN1CCC2(CCN(c3ccc(C(F)(F)F)cc3NC(=O)c3ccc(C4CCOCC4)o3)CC2)C1. The lowest BCUT2D eigenvalue weighted by molar-refractivity contribution is -0.137. The van der Waals surface area contributed by atoms with Crippen LogP contribution in [-0.4, -0.2) is 57.2 Å². The number of hydrogen-bond donors (Lipinski definition) is 1. The molecule has 1 aromatic heterocycles. The van der Waals surface area contributed by atoms with Crippen LogP contribution in [0.2, 0.25) is 0 Å². The van der Waals surface area contributed by atoms with Gasteiger partial charge in [0.15, 0.2) is 5.76 Å². The number of anilines is 2. The molecule has 3 fully saturated rings. The van der Waals surface area contributed by atoms with E-state index in [1.165, 1.54) is 6.07 Å². The molecule has 1 aromatic carbocycles. The van der Waals surface area contributed by atoms with Gasteiger partial charge in [-0.3, -0.25) is 4.79 Å². The maximum absolute atomic E-state index is 13.5. The molecular formula is C26H32F3N3O3. The molecule has 35 heavy (non-hydrogen) atoms. The van der Waals surface area contributed by atoms with Crippen molar-refractivity contribution < 1.29 is 27.1 Å². The fourth-order valence-electron chi connectivity index (χ4n) is 5.74. The highest BCUT2D eigenvalue weighted by Crippen LogP contribution is 2.43. The Labute approximate surface area is 203 Å². The third-order valence-corrected chi connectivity index (χ3v) is 7.84. The minimum absolute atomic E-state index is 0.0986. The molecule has 1 spiro atoms. The van der Waals surface area contributed by atoms with Crippen LogP contribution in [0.1, 0.15) is 59.9 Å². The van der Waals surface area contributed by atoms with Crippen molar-refractivity contribution in [1.29, 1.82) is 0 Å². The van der Waals surface area contributed by atoms with Gasteiger partial charge in [0.25, 0.3) is 5.91 Å². The van der Waals surface area contributed by atoms with Crippen LogP contribution < -0.4 is 10.2 Å². The van der Waals surface area contributed by atoms with Crippen LogP contribution in [0.3, 0.4) is 0 Å². The lowest BCUT2D eigenvalue weighted by atomic mass is 9.77. The van der Waals surface area contributed by atoms with Gasteiger partial charge in [0.05, 0.1) is 16.9 Å². The van der Waals surface area contributed by atoms with Crippen LogP contribution in [0.25, 0.3) is 0 Å². The van der Waals surface area contributed by atoms with E-state index in [1.54, 1.807) is 12.1 Å². The number of benzene rings is 1. The molecule has 0 atom stereocenters. The summed E-state index contributed by atoms with van der Waals surface area (Å²) in [5.74, 6) is 0.450. The van der Waals surface area contributed by atoms with Gasteiger partial charge in [-0.15, -0.1) is 0 Å². The number of halogens is 3. The van der Waals surface area contributed by atoms with Crippen molar-refractivity contribution in [2.45, 2.75) is 44.2 Å². The van der Waals surface area contributed by atoms with E-state index < -0.39 is 17.6 Å². The number of hydrogen-bond acceptors (Lipinski definition) is 5. The summed E-state index contributed by atoms with van der Waals surface area (Å²) in [7, 11) is 2.13. The minimum Gasteiger partial charge on any atom is -0.456 e. The summed E-state index contributed by atoms with van der Waals surface area (Å²) in [6, 6.07) is 6.97. The number of alkyl halides is 3. The van der Waals surface area contributed by atoms with E-state index in [-0.39, 0.29) is 22.8 Å².